The number of hydrogen-bond acceptors (Lipinski definition) is 7. The van der Waals surface area contributed by atoms with Crippen LogP contribution in [-0.4, -0.2) is 46.8 Å². The summed E-state index contributed by atoms with van der Waals surface area (Å²) in [6.45, 7) is 5.10. The van der Waals surface area contributed by atoms with E-state index in [1.54, 1.807) is 4.90 Å². The Morgan fingerprint density at radius 3 is 2.88 bits per heavy atom. The van der Waals surface area contributed by atoms with Gasteiger partial charge in [0.15, 0.2) is 0 Å². The van der Waals surface area contributed by atoms with Crippen LogP contribution >= 0.6 is 11.6 Å². The molecule has 1 saturated heterocycles. The molecule has 4 rings (SSSR count). The number of nitriles is 1. The summed E-state index contributed by atoms with van der Waals surface area (Å²) >= 11 is 6.09. The molecule has 8 nitrogen and oxygen atoms in total. The van der Waals surface area contributed by atoms with Crippen molar-refractivity contribution < 1.29 is 23.4 Å². The van der Waals surface area contributed by atoms with Crippen molar-refractivity contribution in [1.29, 1.82) is 5.26 Å². The molecule has 1 aromatic carbocycles. The number of benzene rings is 1. The van der Waals surface area contributed by atoms with E-state index in [2.05, 4.69) is 9.97 Å². The summed E-state index contributed by atoms with van der Waals surface area (Å²) in [5, 5.41) is 9.08. The number of carbonyl (C=O) groups is 1. The number of ether oxygens (including phenoxy) is 3. The fourth-order valence-corrected chi connectivity index (χ4v) is 4.10. The number of hydrogen-bond donors (Lipinski definition) is 0. The lowest BCUT2D eigenvalue weighted by Gasteiger charge is -2.31. The van der Waals surface area contributed by atoms with E-state index in [4.69, 9.17) is 31.1 Å². The van der Waals surface area contributed by atoms with Crippen LogP contribution in [0, 0.1) is 28.5 Å². The largest absolute Gasteiger partial charge is 0.475 e. The first kappa shape index (κ1) is 22.1. The molecule has 2 aromatic rings. The summed E-state index contributed by atoms with van der Waals surface area (Å²) in [5.74, 6) is -0.914. The molecule has 1 aliphatic heterocycles. The van der Waals surface area contributed by atoms with Crippen LogP contribution in [0.1, 0.15) is 32.3 Å². The molecule has 1 saturated carbocycles. The highest BCUT2D eigenvalue weighted by Crippen LogP contribution is 2.58. The first-order valence-electron chi connectivity index (χ1n) is 10.3. The van der Waals surface area contributed by atoms with Gasteiger partial charge in [0.25, 0.3) is 11.8 Å². The van der Waals surface area contributed by atoms with E-state index >= 15 is 0 Å². The van der Waals surface area contributed by atoms with Crippen LogP contribution in [0.2, 0.25) is 5.02 Å². The number of fused-ring (bicyclic) bond motifs is 1. The van der Waals surface area contributed by atoms with Crippen molar-refractivity contribution in [3.8, 4) is 23.6 Å². The standard InChI is InChI=1S/C22H22ClFN4O4/c1-13(2)31-21(29)28-6-5-22(8-15(22)10-28)11-30-19-18(24)20(27-12-26-19)32-17-4-3-14(9-25)7-16(17)23/h3-4,7,12-13,15H,5-6,8,10-11H2,1-2H3/t15-,22-/m0/s1. The number of halogens is 2. The van der Waals surface area contributed by atoms with Gasteiger partial charge in [-0.25, -0.2) is 4.79 Å². The lowest BCUT2D eigenvalue weighted by molar-refractivity contribution is 0.0584. The molecule has 10 heteroatoms. The van der Waals surface area contributed by atoms with Gasteiger partial charge in [-0.2, -0.15) is 19.6 Å². The number of likely N-dealkylation sites (tertiary alicyclic amines) is 1. The summed E-state index contributed by atoms with van der Waals surface area (Å²) in [6, 6.07) is 6.36. The van der Waals surface area contributed by atoms with Crippen LogP contribution in [-0.2, 0) is 4.74 Å². The van der Waals surface area contributed by atoms with E-state index in [-0.39, 0.29) is 52.7 Å². The Balaban J connectivity index is 1.38. The molecule has 0 unspecified atom stereocenters. The van der Waals surface area contributed by atoms with Crippen molar-refractivity contribution in [2.24, 2.45) is 11.3 Å². The maximum absolute atomic E-state index is 14.9. The Labute approximate surface area is 189 Å². The third-order valence-corrected chi connectivity index (χ3v) is 6.06. The van der Waals surface area contributed by atoms with Crippen LogP contribution in [0.4, 0.5) is 9.18 Å². The van der Waals surface area contributed by atoms with Gasteiger partial charge in [0.1, 0.15) is 12.1 Å². The first-order chi connectivity index (χ1) is 15.3. The molecular formula is C22H22ClFN4O4. The number of aromatic nitrogens is 2. The number of rotatable bonds is 6. The second kappa shape index (κ2) is 8.79. The van der Waals surface area contributed by atoms with Crippen molar-refractivity contribution >= 4 is 17.7 Å². The molecule has 2 aliphatic rings. The Hall–Kier alpha value is -3.12. The van der Waals surface area contributed by atoms with Gasteiger partial charge in [0, 0.05) is 18.5 Å². The zero-order valence-corrected chi connectivity index (χ0v) is 18.4. The minimum atomic E-state index is -0.834. The maximum atomic E-state index is 14.9. The molecule has 0 spiro atoms. The highest BCUT2D eigenvalue weighted by atomic mass is 35.5. The van der Waals surface area contributed by atoms with E-state index in [1.165, 1.54) is 18.2 Å². The Kier molecular flexibility index (Phi) is 6.07. The van der Waals surface area contributed by atoms with Crippen LogP contribution in [0.15, 0.2) is 24.5 Å². The average Bonchev–Trinajstić information content (AvgIpc) is 3.49. The summed E-state index contributed by atoms with van der Waals surface area (Å²) in [7, 11) is 0. The van der Waals surface area contributed by atoms with Crippen LogP contribution in [0.5, 0.6) is 17.5 Å². The fraction of sp³-hybridized carbons (Fsp3) is 0.455. The molecule has 2 heterocycles. The molecule has 32 heavy (non-hydrogen) atoms. The van der Waals surface area contributed by atoms with E-state index < -0.39 is 5.82 Å². The zero-order valence-electron chi connectivity index (χ0n) is 17.7. The SMILES string of the molecule is CC(C)OC(=O)N1CC[C@@]2(COc3ncnc(Oc4ccc(C#N)cc4Cl)c3F)C[C@H]2C1. The summed E-state index contributed by atoms with van der Waals surface area (Å²) < 4.78 is 31.3. The third kappa shape index (κ3) is 4.55. The molecule has 168 valence electrons. The van der Waals surface area contributed by atoms with Crippen molar-refractivity contribution in [3.63, 3.8) is 0 Å². The summed E-state index contributed by atoms with van der Waals surface area (Å²) in [5.41, 5.74) is 0.264. The normalized spacial score (nSPS) is 21.5. The molecule has 0 bridgehead atoms. The second-order valence-corrected chi connectivity index (χ2v) is 8.74. The van der Waals surface area contributed by atoms with Crippen molar-refractivity contribution in [2.45, 2.75) is 32.8 Å². The predicted molar refractivity (Wildman–Crippen MR) is 112 cm³/mol. The Morgan fingerprint density at radius 2 is 2.19 bits per heavy atom. The Bertz CT molecular complexity index is 1080. The maximum Gasteiger partial charge on any atom is 0.410 e. The lowest BCUT2D eigenvalue weighted by atomic mass is 9.96. The minimum Gasteiger partial charge on any atom is -0.475 e. The number of carbonyl (C=O) groups excluding carboxylic acids is 1. The monoisotopic (exact) mass is 460 g/mol. The molecule has 1 aromatic heterocycles. The van der Waals surface area contributed by atoms with Gasteiger partial charge in [0.2, 0.25) is 5.82 Å². The predicted octanol–water partition coefficient (Wildman–Crippen LogP) is 4.57. The van der Waals surface area contributed by atoms with Crippen LogP contribution in [0.3, 0.4) is 0 Å². The van der Waals surface area contributed by atoms with E-state index in [1.807, 2.05) is 19.9 Å². The van der Waals surface area contributed by atoms with Crippen molar-refractivity contribution in [1.82, 2.24) is 14.9 Å². The van der Waals surface area contributed by atoms with Crippen molar-refractivity contribution in [2.75, 3.05) is 19.7 Å². The molecular weight excluding hydrogens is 439 g/mol. The van der Waals surface area contributed by atoms with E-state index in [9.17, 15) is 9.18 Å². The van der Waals surface area contributed by atoms with Gasteiger partial charge in [0.05, 0.1) is 29.4 Å². The molecule has 0 radical (unpaired) electrons. The highest BCUT2D eigenvalue weighted by Gasteiger charge is 2.58. The van der Waals surface area contributed by atoms with Gasteiger partial charge < -0.3 is 19.1 Å². The van der Waals surface area contributed by atoms with Gasteiger partial charge in [-0.1, -0.05) is 11.6 Å². The minimum absolute atomic E-state index is 0.0938. The van der Waals surface area contributed by atoms with Gasteiger partial charge in [-0.05, 0) is 50.8 Å². The quantitative estimate of drug-likeness (QED) is 0.622. The summed E-state index contributed by atoms with van der Waals surface area (Å²) in [4.78, 5) is 21.5. The summed E-state index contributed by atoms with van der Waals surface area (Å²) in [6.07, 6.45) is 2.34. The average molecular weight is 461 g/mol. The third-order valence-electron chi connectivity index (χ3n) is 5.76. The molecule has 1 aliphatic carbocycles. The Morgan fingerprint density at radius 1 is 1.41 bits per heavy atom. The zero-order chi connectivity index (χ0) is 22.9. The lowest BCUT2D eigenvalue weighted by Crippen LogP contribution is -2.41. The fourth-order valence-electron chi connectivity index (χ4n) is 3.88. The number of amides is 1. The van der Waals surface area contributed by atoms with E-state index in [0.717, 1.165) is 19.2 Å². The molecule has 2 atom stereocenters. The van der Waals surface area contributed by atoms with Gasteiger partial charge >= 0.3 is 6.09 Å². The molecule has 0 N–H and O–H groups in total. The highest BCUT2D eigenvalue weighted by molar-refractivity contribution is 6.32. The van der Waals surface area contributed by atoms with Crippen LogP contribution < -0.4 is 9.47 Å². The topological polar surface area (TPSA) is 97.6 Å². The van der Waals surface area contributed by atoms with Crippen molar-refractivity contribution in [3.05, 3.63) is 40.9 Å². The smallest absolute Gasteiger partial charge is 0.410 e. The van der Waals surface area contributed by atoms with Crippen LogP contribution in [0.25, 0.3) is 0 Å². The van der Waals surface area contributed by atoms with E-state index in [0.29, 0.717) is 18.7 Å². The molecule has 1 amide bonds. The van der Waals surface area contributed by atoms with Gasteiger partial charge in [-0.3, -0.25) is 0 Å². The number of piperidine rings is 1. The first-order valence-corrected chi connectivity index (χ1v) is 10.7. The van der Waals surface area contributed by atoms with Gasteiger partial charge in [-0.15, -0.1) is 0 Å². The second-order valence-electron chi connectivity index (χ2n) is 8.34. The molecule has 2 fully saturated rings. The number of nitrogens with zero attached hydrogens (tertiary/aromatic N) is 4.